The Morgan fingerprint density at radius 1 is 1.16 bits per heavy atom. The lowest BCUT2D eigenvalue weighted by atomic mass is 10.2. The number of hydrogen-bond donors (Lipinski definition) is 1. The quantitative estimate of drug-likeness (QED) is 0.928. The zero-order chi connectivity index (χ0) is 14.0. The Morgan fingerprint density at radius 2 is 1.89 bits per heavy atom. The Labute approximate surface area is 121 Å². The normalized spacial score (nSPS) is 10.4. The highest BCUT2D eigenvalue weighted by Crippen LogP contribution is 2.30. The van der Waals surface area contributed by atoms with Crippen LogP contribution in [0.1, 0.15) is 17.0 Å². The van der Waals surface area contributed by atoms with Gasteiger partial charge in [0, 0.05) is 11.5 Å². The fourth-order valence-electron chi connectivity index (χ4n) is 1.78. The van der Waals surface area contributed by atoms with Crippen LogP contribution in [0, 0.1) is 20.8 Å². The number of nitrogens with one attached hydrogen (secondary N) is 1. The van der Waals surface area contributed by atoms with E-state index in [1.54, 1.807) is 0 Å². The van der Waals surface area contributed by atoms with E-state index in [2.05, 4.69) is 31.2 Å². The van der Waals surface area contributed by atoms with Gasteiger partial charge in [-0.1, -0.05) is 15.9 Å². The third-order valence-electron chi connectivity index (χ3n) is 2.79. The summed E-state index contributed by atoms with van der Waals surface area (Å²) in [6, 6.07) is 5.89. The third kappa shape index (κ3) is 3.04. The second-order valence-electron chi connectivity index (χ2n) is 4.31. The van der Waals surface area contributed by atoms with Crippen molar-refractivity contribution >= 4 is 21.7 Å². The van der Waals surface area contributed by atoms with E-state index in [4.69, 9.17) is 4.74 Å². The van der Waals surface area contributed by atoms with E-state index >= 15 is 0 Å². The first-order valence-corrected chi connectivity index (χ1v) is 6.77. The smallest absolute Gasteiger partial charge is 0.227 e. The van der Waals surface area contributed by atoms with Crippen molar-refractivity contribution < 1.29 is 4.74 Å². The van der Waals surface area contributed by atoms with Gasteiger partial charge in [0.2, 0.25) is 5.88 Å². The lowest BCUT2D eigenvalue weighted by Gasteiger charge is -2.13. The lowest BCUT2D eigenvalue weighted by molar-refractivity contribution is 0.452. The molecule has 1 N–H and O–H groups in total. The van der Waals surface area contributed by atoms with Gasteiger partial charge >= 0.3 is 0 Å². The number of hydrogen-bond acceptors (Lipinski definition) is 4. The van der Waals surface area contributed by atoms with Crippen LogP contribution in [0.25, 0.3) is 0 Å². The van der Waals surface area contributed by atoms with Gasteiger partial charge in [-0.25, -0.2) is 4.98 Å². The molecular weight excluding hydrogens is 306 g/mol. The summed E-state index contributed by atoms with van der Waals surface area (Å²) >= 11 is 3.44. The standard InChI is InChI=1S/C14H16BrN3O/c1-8-7-11(15)5-6-12(8)19-14-9(2)13(16-4)17-10(3)18-14/h5-7H,1-4H3,(H,16,17,18). The highest BCUT2D eigenvalue weighted by Gasteiger charge is 2.11. The van der Waals surface area contributed by atoms with Crippen molar-refractivity contribution in [2.45, 2.75) is 20.8 Å². The second-order valence-corrected chi connectivity index (χ2v) is 5.23. The van der Waals surface area contributed by atoms with Gasteiger partial charge in [-0.3, -0.25) is 0 Å². The number of aryl methyl sites for hydroxylation is 2. The van der Waals surface area contributed by atoms with E-state index in [0.29, 0.717) is 11.7 Å². The molecule has 0 aliphatic carbocycles. The molecule has 0 saturated heterocycles. The summed E-state index contributed by atoms with van der Waals surface area (Å²) in [5, 5.41) is 3.05. The fraction of sp³-hybridized carbons (Fsp3) is 0.286. The van der Waals surface area contributed by atoms with Crippen molar-refractivity contribution in [3.63, 3.8) is 0 Å². The first-order valence-electron chi connectivity index (χ1n) is 5.98. The van der Waals surface area contributed by atoms with E-state index < -0.39 is 0 Å². The Kier molecular flexibility index (Phi) is 4.04. The largest absolute Gasteiger partial charge is 0.438 e. The summed E-state index contributed by atoms with van der Waals surface area (Å²) in [6.45, 7) is 5.79. The van der Waals surface area contributed by atoms with Crippen LogP contribution in [0.5, 0.6) is 11.6 Å². The third-order valence-corrected chi connectivity index (χ3v) is 3.29. The van der Waals surface area contributed by atoms with Gasteiger partial charge in [0.15, 0.2) is 0 Å². The summed E-state index contributed by atoms with van der Waals surface area (Å²) in [5.41, 5.74) is 1.95. The number of aromatic nitrogens is 2. The van der Waals surface area contributed by atoms with Crippen LogP contribution in [0.4, 0.5) is 5.82 Å². The van der Waals surface area contributed by atoms with Gasteiger partial charge in [0.25, 0.3) is 0 Å². The van der Waals surface area contributed by atoms with Gasteiger partial charge in [0.1, 0.15) is 17.4 Å². The second kappa shape index (κ2) is 5.57. The van der Waals surface area contributed by atoms with Crippen LogP contribution >= 0.6 is 15.9 Å². The van der Waals surface area contributed by atoms with Crippen molar-refractivity contribution in [3.05, 3.63) is 39.6 Å². The predicted molar refractivity (Wildman–Crippen MR) is 80.0 cm³/mol. The molecule has 4 nitrogen and oxygen atoms in total. The van der Waals surface area contributed by atoms with Gasteiger partial charge in [-0.2, -0.15) is 4.98 Å². The average molecular weight is 322 g/mol. The van der Waals surface area contributed by atoms with Crippen LogP contribution in [-0.2, 0) is 0 Å². The molecule has 1 aromatic carbocycles. The molecule has 19 heavy (non-hydrogen) atoms. The molecule has 1 heterocycles. The van der Waals surface area contributed by atoms with Crippen LogP contribution in [0.3, 0.4) is 0 Å². The van der Waals surface area contributed by atoms with Crippen molar-refractivity contribution in [1.29, 1.82) is 0 Å². The molecule has 0 aliphatic rings. The van der Waals surface area contributed by atoms with Crippen LogP contribution in [0.2, 0.25) is 0 Å². The van der Waals surface area contributed by atoms with Gasteiger partial charge in [0.05, 0.1) is 5.56 Å². The Balaban J connectivity index is 2.40. The Morgan fingerprint density at radius 3 is 2.53 bits per heavy atom. The molecule has 0 unspecified atom stereocenters. The summed E-state index contributed by atoms with van der Waals surface area (Å²) in [5.74, 6) is 2.85. The lowest BCUT2D eigenvalue weighted by Crippen LogP contribution is -2.03. The van der Waals surface area contributed by atoms with Gasteiger partial charge in [-0.05, 0) is 44.5 Å². The Bertz CT molecular complexity index is 614. The first-order chi connectivity index (χ1) is 9.01. The van der Waals surface area contributed by atoms with E-state index in [0.717, 1.165) is 27.2 Å². The van der Waals surface area contributed by atoms with Crippen molar-refractivity contribution in [1.82, 2.24) is 9.97 Å². The van der Waals surface area contributed by atoms with E-state index in [1.165, 1.54) is 0 Å². The highest BCUT2D eigenvalue weighted by atomic mass is 79.9. The van der Waals surface area contributed by atoms with Crippen LogP contribution in [0.15, 0.2) is 22.7 Å². The van der Waals surface area contributed by atoms with Crippen molar-refractivity contribution in [2.75, 3.05) is 12.4 Å². The molecule has 0 saturated carbocycles. The molecule has 0 fully saturated rings. The molecule has 1 aromatic heterocycles. The van der Waals surface area contributed by atoms with Crippen molar-refractivity contribution in [3.8, 4) is 11.6 Å². The number of benzene rings is 1. The number of rotatable bonds is 3. The molecule has 0 aliphatic heterocycles. The zero-order valence-corrected chi connectivity index (χ0v) is 13.0. The average Bonchev–Trinajstić information content (AvgIpc) is 2.36. The number of ether oxygens (including phenoxy) is 1. The van der Waals surface area contributed by atoms with Crippen LogP contribution < -0.4 is 10.1 Å². The number of halogens is 1. The van der Waals surface area contributed by atoms with E-state index in [1.807, 2.05) is 46.0 Å². The molecule has 0 amide bonds. The van der Waals surface area contributed by atoms with Crippen LogP contribution in [-0.4, -0.2) is 17.0 Å². The maximum Gasteiger partial charge on any atom is 0.227 e. The monoisotopic (exact) mass is 321 g/mol. The molecule has 5 heteroatoms. The minimum Gasteiger partial charge on any atom is -0.438 e. The maximum atomic E-state index is 5.91. The topological polar surface area (TPSA) is 47.0 Å². The molecule has 0 radical (unpaired) electrons. The first kappa shape index (κ1) is 13.8. The summed E-state index contributed by atoms with van der Waals surface area (Å²) in [7, 11) is 1.84. The van der Waals surface area contributed by atoms with E-state index in [-0.39, 0.29) is 0 Å². The summed E-state index contributed by atoms with van der Waals surface area (Å²) in [4.78, 5) is 8.68. The summed E-state index contributed by atoms with van der Waals surface area (Å²) in [6.07, 6.45) is 0. The highest BCUT2D eigenvalue weighted by molar-refractivity contribution is 9.10. The molecule has 2 aromatic rings. The fourth-order valence-corrected chi connectivity index (χ4v) is 2.25. The Hall–Kier alpha value is -1.62. The molecule has 0 bridgehead atoms. The minimum absolute atomic E-state index is 0.585. The van der Waals surface area contributed by atoms with Gasteiger partial charge in [-0.15, -0.1) is 0 Å². The van der Waals surface area contributed by atoms with E-state index in [9.17, 15) is 0 Å². The molecule has 100 valence electrons. The predicted octanol–water partition coefficient (Wildman–Crippen LogP) is 4.00. The minimum atomic E-state index is 0.585. The maximum absolute atomic E-state index is 5.91. The molecule has 2 rings (SSSR count). The zero-order valence-electron chi connectivity index (χ0n) is 11.4. The number of anilines is 1. The molecule has 0 spiro atoms. The molecule has 0 atom stereocenters. The molecular formula is C14H16BrN3O. The number of nitrogens with zero attached hydrogens (tertiary/aromatic N) is 2. The van der Waals surface area contributed by atoms with Crippen molar-refractivity contribution in [2.24, 2.45) is 0 Å². The SMILES string of the molecule is CNc1nc(C)nc(Oc2ccc(Br)cc2C)c1C. The van der Waals surface area contributed by atoms with Gasteiger partial charge < -0.3 is 10.1 Å². The summed E-state index contributed by atoms with van der Waals surface area (Å²) < 4.78 is 6.94.